The van der Waals surface area contributed by atoms with Gasteiger partial charge in [0.2, 0.25) is 0 Å². The van der Waals surface area contributed by atoms with Crippen LogP contribution in [0.25, 0.3) is 0 Å². The molecular weight excluding hydrogens is 272 g/mol. The lowest BCUT2D eigenvalue weighted by Crippen LogP contribution is -2.26. The standard InChI is InChI=1S/C9H8BrF2NO2/c1-2-13-9(14)15-6-4-3-5(11)8(12)7(6)10/h3-4H,2H2,1H3,(H,13,14). The average Bonchev–Trinajstić information content (AvgIpc) is 2.20. The molecular formula is C9H8BrF2NO2. The molecule has 0 heterocycles. The van der Waals surface area contributed by atoms with Crippen LogP contribution in [0, 0.1) is 11.6 Å². The molecule has 1 N–H and O–H groups in total. The van der Waals surface area contributed by atoms with Gasteiger partial charge in [-0.25, -0.2) is 13.6 Å². The van der Waals surface area contributed by atoms with Gasteiger partial charge in [0.1, 0.15) is 5.75 Å². The van der Waals surface area contributed by atoms with Gasteiger partial charge in [0.25, 0.3) is 0 Å². The first-order valence-corrected chi connectivity index (χ1v) is 4.94. The first kappa shape index (κ1) is 11.9. The quantitative estimate of drug-likeness (QED) is 0.846. The third-order valence-electron chi connectivity index (χ3n) is 1.52. The number of hydrogen-bond acceptors (Lipinski definition) is 2. The molecule has 0 saturated heterocycles. The third-order valence-corrected chi connectivity index (χ3v) is 2.26. The average molecular weight is 280 g/mol. The zero-order valence-corrected chi connectivity index (χ0v) is 9.40. The van der Waals surface area contributed by atoms with Gasteiger partial charge >= 0.3 is 6.09 Å². The monoisotopic (exact) mass is 279 g/mol. The fraction of sp³-hybridized carbons (Fsp3) is 0.222. The van der Waals surface area contributed by atoms with E-state index >= 15 is 0 Å². The van der Waals surface area contributed by atoms with Gasteiger partial charge in [-0.2, -0.15) is 0 Å². The summed E-state index contributed by atoms with van der Waals surface area (Å²) < 4.78 is 30.2. The van der Waals surface area contributed by atoms with Gasteiger partial charge in [-0.05, 0) is 35.0 Å². The Morgan fingerprint density at radius 2 is 2.20 bits per heavy atom. The Morgan fingerprint density at radius 1 is 1.53 bits per heavy atom. The van der Waals surface area contributed by atoms with Crippen molar-refractivity contribution < 1.29 is 18.3 Å². The maximum absolute atomic E-state index is 13.0. The Balaban J connectivity index is 2.87. The second kappa shape index (κ2) is 5.06. The number of ether oxygens (including phenoxy) is 1. The van der Waals surface area contributed by atoms with Crippen LogP contribution in [0.2, 0.25) is 0 Å². The van der Waals surface area contributed by atoms with E-state index in [-0.39, 0.29) is 10.2 Å². The first-order valence-electron chi connectivity index (χ1n) is 4.15. The van der Waals surface area contributed by atoms with E-state index in [1.165, 1.54) is 0 Å². The van der Waals surface area contributed by atoms with E-state index in [9.17, 15) is 13.6 Å². The first-order chi connectivity index (χ1) is 7.06. The van der Waals surface area contributed by atoms with Crippen molar-refractivity contribution in [2.75, 3.05) is 6.54 Å². The van der Waals surface area contributed by atoms with Gasteiger partial charge in [-0.1, -0.05) is 0 Å². The number of hydrogen-bond donors (Lipinski definition) is 1. The minimum absolute atomic E-state index is 0.0696. The van der Waals surface area contributed by atoms with Crippen molar-refractivity contribution in [3.05, 3.63) is 28.2 Å². The van der Waals surface area contributed by atoms with Gasteiger partial charge in [0.15, 0.2) is 11.6 Å². The van der Waals surface area contributed by atoms with Crippen LogP contribution in [-0.2, 0) is 0 Å². The van der Waals surface area contributed by atoms with E-state index < -0.39 is 17.7 Å². The predicted molar refractivity (Wildman–Crippen MR) is 53.8 cm³/mol. The maximum Gasteiger partial charge on any atom is 0.412 e. The van der Waals surface area contributed by atoms with E-state index in [0.717, 1.165) is 12.1 Å². The molecule has 0 unspecified atom stereocenters. The minimum atomic E-state index is -1.09. The highest BCUT2D eigenvalue weighted by Gasteiger charge is 2.14. The molecule has 1 amide bonds. The van der Waals surface area contributed by atoms with Crippen LogP contribution in [0.15, 0.2) is 16.6 Å². The highest BCUT2D eigenvalue weighted by Crippen LogP contribution is 2.29. The molecule has 3 nitrogen and oxygen atoms in total. The second-order valence-electron chi connectivity index (χ2n) is 2.59. The van der Waals surface area contributed by atoms with Crippen LogP contribution in [0.3, 0.4) is 0 Å². The second-order valence-corrected chi connectivity index (χ2v) is 3.39. The normalized spacial score (nSPS) is 9.87. The smallest absolute Gasteiger partial charge is 0.409 e. The van der Waals surface area contributed by atoms with Gasteiger partial charge in [-0.15, -0.1) is 0 Å². The molecule has 0 bridgehead atoms. The fourth-order valence-electron chi connectivity index (χ4n) is 0.867. The molecule has 1 rings (SSSR count). The van der Waals surface area contributed by atoms with E-state index in [2.05, 4.69) is 21.2 Å². The highest BCUT2D eigenvalue weighted by molar-refractivity contribution is 9.10. The van der Waals surface area contributed by atoms with Crippen molar-refractivity contribution in [3.8, 4) is 5.75 Å². The Labute approximate surface area is 93.5 Å². The number of nitrogens with one attached hydrogen (secondary N) is 1. The van der Waals surface area contributed by atoms with Gasteiger partial charge in [0.05, 0.1) is 4.47 Å². The molecule has 6 heteroatoms. The summed E-state index contributed by atoms with van der Waals surface area (Å²) in [4.78, 5) is 11.0. The van der Waals surface area contributed by atoms with Crippen LogP contribution in [0.4, 0.5) is 13.6 Å². The van der Waals surface area contributed by atoms with Gasteiger partial charge in [0, 0.05) is 6.54 Å². The van der Waals surface area contributed by atoms with E-state index in [4.69, 9.17) is 4.74 Å². The van der Waals surface area contributed by atoms with E-state index in [0.29, 0.717) is 6.54 Å². The molecule has 0 atom stereocenters. The number of carbonyl (C=O) groups is 1. The summed E-state index contributed by atoms with van der Waals surface area (Å²) in [6.07, 6.45) is -0.718. The number of carbonyl (C=O) groups excluding carboxylic acids is 1. The van der Waals surface area contributed by atoms with Crippen molar-refractivity contribution in [2.45, 2.75) is 6.92 Å². The number of benzene rings is 1. The molecule has 0 fully saturated rings. The van der Waals surface area contributed by atoms with Crippen molar-refractivity contribution in [3.63, 3.8) is 0 Å². The summed E-state index contributed by atoms with van der Waals surface area (Å²) in [7, 11) is 0. The Hall–Kier alpha value is -1.17. The lowest BCUT2D eigenvalue weighted by molar-refractivity contribution is 0.200. The van der Waals surface area contributed by atoms with Crippen molar-refractivity contribution in [2.24, 2.45) is 0 Å². The Morgan fingerprint density at radius 3 is 2.80 bits per heavy atom. The van der Waals surface area contributed by atoms with Crippen LogP contribution in [0.5, 0.6) is 5.75 Å². The summed E-state index contributed by atoms with van der Waals surface area (Å²) in [6.45, 7) is 2.10. The number of halogens is 3. The maximum atomic E-state index is 13.0. The Kier molecular flexibility index (Phi) is 4.02. The SMILES string of the molecule is CCNC(=O)Oc1ccc(F)c(F)c1Br. The highest BCUT2D eigenvalue weighted by atomic mass is 79.9. The molecule has 1 aromatic rings. The van der Waals surface area contributed by atoms with Crippen LogP contribution >= 0.6 is 15.9 Å². The minimum Gasteiger partial charge on any atom is -0.409 e. The largest absolute Gasteiger partial charge is 0.412 e. The zero-order chi connectivity index (χ0) is 11.4. The van der Waals surface area contributed by atoms with Crippen molar-refractivity contribution in [1.29, 1.82) is 0 Å². The van der Waals surface area contributed by atoms with Crippen molar-refractivity contribution >= 4 is 22.0 Å². The molecule has 82 valence electrons. The van der Waals surface area contributed by atoms with Crippen molar-refractivity contribution in [1.82, 2.24) is 5.32 Å². The topological polar surface area (TPSA) is 38.3 Å². The molecule has 0 spiro atoms. The molecule has 0 aromatic heterocycles. The van der Waals surface area contributed by atoms with E-state index in [1.807, 2.05) is 0 Å². The molecule has 0 aliphatic rings. The number of amides is 1. The molecule has 0 aliphatic carbocycles. The molecule has 0 aliphatic heterocycles. The lowest BCUT2D eigenvalue weighted by Gasteiger charge is -2.07. The predicted octanol–water partition coefficient (Wildman–Crippen LogP) is 2.84. The summed E-state index contributed by atoms with van der Waals surface area (Å²) in [5, 5.41) is 2.36. The summed E-state index contributed by atoms with van der Waals surface area (Å²) in [5.74, 6) is -2.17. The van der Waals surface area contributed by atoms with Gasteiger partial charge in [-0.3, -0.25) is 0 Å². The third kappa shape index (κ3) is 2.89. The summed E-state index contributed by atoms with van der Waals surface area (Å²) in [6, 6.07) is 2.05. The summed E-state index contributed by atoms with van der Waals surface area (Å²) in [5.41, 5.74) is 0. The van der Waals surface area contributed by atoms with Gasteiger partial charge < -0.3 is 10.1 Å². The molecule has 1 aromatic carbocycles. The fourth-order valence-corrected chi connectivity index (χ4v) is 1.27. The molecule has 15 heavy (non-hydrogen) atoms. The molecule has 0 saturated carbocycles. The van der Waals surface area contributed by atoms with E-state index in [1.54, 1.807) is 6.92 Å². The molecule has 0 radical (unpaired) electrons. The summed E-state index contributed by atoms with van der Waals surface area (Å²) >= 11 is 2.79. The lowest BCUT2D eigenvalue weighted by atomic mass is 10.3. The van der Waals surface area contributed by atoms with Crippen LogP contribution in [-0.4, -0.2) is 12.6 Å². The zero-order valence-electron chi connectivity index (χ0n) is 7.81. The number of rotatable bonds is 2. The van der Waals surface area contributed by atoms with Crippen LogP contribution in [0.1, 0.15) is 6.92 Å². The van der Waals surface area contributed by atoms with Crippen LogP contribution < -0.4 is 10.1 Å². The Bertz CT molecular complexity index is 385.